The van der Waals surface area contributed by atoms with Gasteiger partial charge in [-0.25, -0.2) is 9.48 Å². The third-order valence-corrected chi connectivity index (χ3v) is 4.57. The first-order valence-corrected chi connectivity index (χ1v) is 9.44. The molecule has 0 aliphatic carbocycles. The van der Waals surface area contributed by atoms with Crippen LogP contribution in [0.3, 0.4) is 0 Å². The van der Waals surface area contributed by atoms with E-state index in [1.807, 2.05) is 45.0 Å². The molecule has 0 bridgehead atoms. The Bertz CT molecular complexity index is 800. The number of rotatable bonds is 8. The lowest BCUT2D eigenvalue weighted by molar-refractivity contribution is -0.124. The lowest BCUT2D eigenvalue weighted by Gasteiger charge is -2.12. The number of halogens is 1. The molecular weight excluding hydrogens is 366 g/mol. The number of ether oxygens (including phenoxy) is 1. The molecule has 7 heteroatoms. The van der Waals surface area contributed by atoms with Gasteiger partial charge in [0.25, 0.3) is 5.91 Å². The van der Waals surface area contributed by atoms with Crippen molar-refractivity contribution in [3.05, 3.63) is 51.8 Å². The molecule has 1 heterocycles. The molecule has 0 saturated carbocycles. The summed E-state index contributed by atoms with van der Waals surface area (Å²) in [6, 6.07) is 8.04. The van der Waals surface area contributed by atoms with Crippen LogP contribution >= 0.6 is 11.6 Å². The standard InChI is InChI=1S/C20H26ClN3O3/c1-5-6-14(3)22-17(25)12-27-20(26)18-15(4)23-24(19(18)21)11-16-9-7-13(2)8-10-16/h7-10,14H,5-6,11-12H2,1-4H3,(H,22,25)/t14-/m0/s1. The first kappa shape index (κ1) is 21.0. The van der Waals surface area contributed by atoms with Crippen molar-refractivity contribution in [3.63, 3.8) is 0 Å². The van der Waals surface area contributed by atoms with E-state index in [-0.39, 0.29) is 29.3 Å². The molecule has 6 nitrogen and oxygen atoms in total. The van der Waals surface area contributed by atoms with Gasteiger partial charge < -0.3 is 10.1 Å². The van der Waals surface area contributed by atoms with Crippen molar-refractivity contribution < 1.29 is 14.3 Å². The van der Waals surface area contributed by atoms with Gasteiger partial charge in [0.1, 0.15) is 10.7 Å². The van der Waals surface area contributed by atoms with Crippen molar-refractivity contribution in [3.8, 4) is 0 Å². The number of aromatic nitrogens is 2. The summed E-state index contributed by atoms with van der Waals surface area (Å²) in [7, 11) is 0. The molecular formula is C20H26ClN3O3. The number of hydrogen-bond donors (Lipinski definition) is 1. The van der Waals surface area contributed by atoms with Crippen LogP contribution in [0.1, 0.15) is 53.9 Å². The maximum atomic E-state index is 12.4. The Hall–Kier alpha value is -2.34. The summed E-state index contributed by atoms with van der Waals surface area (Å²) in [4.78, 5) is 24.2. The summed E-state index contributed by atoms with van der Waals surface area (Å²) in [5, 5.41) is 7.33. The SMILES string of the molecule is CCC[C@H](C)NC(=O)COC(=O)c1c(C)nn(Cc2ccc(C)cc2)c1Cl. The van der Waals surface area contributed by atoms with E-state index in [1.54, 1.807) is 11.6 Å². The van der Waals surface area contributed by atoms with Crippen molar-refractivity contribution in [1.82, 2.24) is 15.1 Å². The van der Waals surface area contributed by atoms with E-state index in [2.05, 4.69) is 10.4 Å². The third-order valence-electron chi connectivity index (χ3n) is 4.19. The summed E-state index contributed by atoms with van der Waals surface area (Å²) in [6.45, 7) is 7.77. The molecule has 1 atom stereocenters. The second-order valence-corrected chi connectivity index (χ2v) is 7.09. The summed E-state index contributed by atoms with van der Waals surface area (Å²) in [5.41, 5.74) is 2.85. The number of benzene rings is 1. The topological polar surface area (TPSA) is 73.2 Å². The second kappa shape index (κ2) is 9.55. The smallest absolute Gasteiger partial charge is 0.343 e. The fraction of sp³-hybridized carbons (Fsp3) is 0.450. The van der Waals surface area contributed by atoms with Gasteiger partial charge in [0.2, 0.25) is 0 Å². The average molecular weight is 392 g/mol. The molecule has 1 aromatic carbocycles. The minimum Gasteiger partial charge on any atom is -0.452 e. The lowest BCUT2D eigenvalue weighted by atomic mass is 10.1. The van der Waals surface area contributed by atoms with Gasteiger partial charge in [-0.05, 0) is 32.8 Å². The van der Waals surface area contributed by atoms with E-state index in [1.165, 1.54) is 0 Å². The molecule has 27 heavy (non-hydrogen) atoms. The molecule has 146 valence electrons. The number of esters is 1. The number of carbonyl (C=O) groups is 2. The maximum Gasteiger partial charge on any atom is 0.343 e. The predicted molar refractivity (Wildman–Crippen MR) is 105 cm³/mol. The normalized spacial score (nSPS) is 11.9. The van der Waals surface area contributed by atoms with Gasteiger partial charge in [-0.2, -0.15) is 5.10 Å². The second-order valence-electron chi connectivity index (χ2n) is 6.73. The van der Waals surface area contributed by atoms with Crippen LogP contribution in [-0.4, -0.2) is 34.3 Å². The summed E-state index contributed by atoms with van der Waals surface area (Å²) in [6.07, 6.45) is 1.84. The van der Waals surface area contributed by atoms with Crippen LogP contribution in [0, 0.1) is 13.8 Å². The number of nitrogens with zero attached hydrogens (tertiary/aromatic N) is 2. The molecule has 2 rings (SSSR count). The van der Waals surface area contributed by atoms with Crippen LogP contribution in [-0.2, 0) is 16.1 Å². The van der Waals surface area contributed by atoms with Crippen LogP contribution in [0.25, 0.3) is 0 Å². The largest absolute Gasteiger partial charge is 0.452 e. The lowest BCUT2D eigenvalue weighted by Crippen LogP contribution is -2.35. The Morgan fingerprint density at radius 1 is 1.26 bits per heavy atom. The third kappa shape index (κ3) is 5.82. The van der Waals surface area contributed by atoms with Gasteiger partial charge in [0.15, 0.2) is 6.61 Å². The highest BCUT2D eigenvalue weighted by molar-refractivity contribution is 6.32. The van der Waals surface area contributed by atoms with E-state index in [4.69, 9.17) is 16.3 Å². The van der Waals surface area contributed by atoms with Crippen molar-refractivity contribution >= 4 is 23.5 Å². The van der Waals surface area contributed by atoms with Gasteiger partial charge >= 0.3 is 5.97 Å². The summed E-state index contributed by atoms with van der Waals surface area (Å²) >= 11 is 6.35. The van der Waals surface area contributed by atoms with Gasteiger partial charge in [0, 0.05) is 6.04 Å². The Kier molecular flexibility index (Phi) is 7.42. The number of hydrogen-bond acceptors (Lipinski definition) is 4. The number of aryl methyl sites for hydroxylation is 2. The molecule has 1 amide bonds. The van der Waals surface area contributed by atoms with Gasteiger partial charge in [0.05, 0.1) is 12.2 Å². The predicted octanol–water partition coefficient (Wildman–Crippen LogP) is 3.66. The molecule has 0 unspecified atom stereocenters. The van der Waals surface area contributed by atoms with Crippen molar-refractivity contribution in [2.24, 2.45) is 0 Å². The van der Waals surface area contributed by atoms with Crippen molar-refractivity contribution in [2.45, 2.75) is 53.1 Å². The minimum atomic E-state index is -0.647. The first-order chi connectivity index (χ1) is 12.8. The number of carbonyl (C=O) groups excluding carboxylic acids is 2. The quantitative estimate of drug-likeness (QED) is 0.697. The van der Waals surface area contributed by atoms with Crippen LogP contribution in [0.2, 0.25) is 5.15 Å². The zero-order chi connectivity index (χ0) is 20.0. The highest BCUT2D eigenvalue weighted by atomic mass is 35.5. The molecule has 0 radical (unpaired) electrons. The van der Waals surface area contributed by atoms with E-state index in [0.29, 0.717) is 12.2 Å². The molecule has 0 fully saturated rings. The average Bonchev–Trinajstić information content (AvgIpc) is 2.88. The zero-order valence-corrected chi connectivity index (χ0v) is 17.0. The van der Waals surface area contributed by atoms with Crippen LogP contribution in [0.5, 0.6) is 0 Å². The molecule has 0 aliphatic heterocycles. The van der Waals surface area contributed by atoms with Gasteiger partial charge in [-0.1, -0.05) is 54.8 Å². The number of nitrogens with one attached hydrogen (secondary N) is 1. The molecule has 2 aromatic rings. The Balaban J connectivity index is 2.01. The Morgan fingerprint density at radius 3 is 2.56 bits per heavy atom. The van der Waals surface area contributed by atoms with Crippen LogP contribution < -0.4 is 5.32 Å². The van der Waals surface area contributed by atoms with E-state index in [0.717, 1.165) is 24.0 Å². The Labute approximate surface area is 164 Å². The van der Waals surface area contributed by atoms with Crippen molar-refractivity contribution in [1.29, 1.82) is 0 Å². The molecule has 0 spiro atoms. The minimum absolute atomic E-state index is 0.0452. The fourth-order valence-corrected chi connectivity index (χ4v) is 3.09. The van der Waals surface area contributed by atoms with Crippen molar-refractivity contribution in [2.75, 3.05) is 6.61 Å². The molecule has 1 aromatic heterocycles. The van der Waals surface area contributed by atoms with Crippen LogP contribution in [0.15, 0.2) is 24.3 Å². The molecule has 0 aliphatic rings. The summed E-state index contributed by atoms with van der Waals surface area (Å²) < 4.78 is 6.68. The van der Waals surface area contributed by atoms with Gasteiger partial charge in [-0.15, -0.1) is 0 Å². The fourth-order valence-electron chi connectivity index (χ4n) is 2.78. The first-order valence-electron chi connectivity index (χ1n) is 9.06. The van der Waals surface area contributed by atoms with E-state index in [9.17, 15) is 9.59 Å². The van der Waals surface area contributed by atoms with E-state index >= 15 is 0 Å². The maximum absolute atomic E-state index is 12.4. The van der Waals surface area contributed by atoms with E-state index < -0.39 is 5.97 Å². The highest BCUT2D eigenvalue weighted by Gasteiger charge is 2.22. The molecule has 1 N–H and O–H groups in total. The molecule has 0 saturated heterocycles. The Morgan fingerprint density at radius 2 is 1.93 bits per heavy atom. The highest BCUT2D eigenvalue weighted by Crippen LogP contribution is 2.22. The monoisotopic (exact) mass is 391 g/mol. The van der Waals surface area contributed by atoms with Gasteiger partial charge in [-0.3, -0.25) is 4.79 Å². The number of amides is 1. The zero-order valence-electron chi connectivity index (χ0n) is 16.2. The summed E-state index contributed by atoms with van der Waals surface area (Å²) in [5.74, 6) is -0.976. The van der Waals surface area contributed by atoms with Crippen LogP contribution in [0.4, 0.5) is 0 Å².